The molecular formula is C18H12Cl2N2O3. The lowest BCUT2D eigenvalue weighted by Crippen LogP contribution is -2.21. The number of hydrazone groups is 1. The van der Waals surface area contributed by atoms with Crippen molar-refractivity contribution in [3.05, 3.63) is 57.6 Å². The molecule has 25 heavy (non-hydrogen) atoms. The normalized spacial score (nSPS) is 17.4. The van der Waals surface area contributed by atoms with Gasteiger partial charge in [0, 0.05) is 11.1 Å². The Balaban J connectivity index is 1.71. The second-order valence-electron chi connectivity index (χ2n) is 5.57. The van der Waals surface area contributed by atoms with Gasteiger partial charge in [0.2, 0.25) is 6.79 Å². The average molecular weight is 375 g/mol. The summed E-state index contributed by atoms with van der Waals surface area (Å²) in [4.78, 5) is 12.8. The molecule has 0 radical (unpaired) electrons. The Labute approximate surface area is 154 Å². The van der Waals surface area contributed by atoms with Gasteiger partial charge in [-0.15, -0.1) is 0 Å². The number of carbonyl (C=O) groups excluding carboxylic acids is 1. The molecule has 2 aliphatic heterocycles. The van der Waals surface area contributed by atoms with Gasteiger partial charge in [0.25, 0.3) is 5.91 Å². The van der Waals surface area contributed by atoms with Gasteiger partial charge in [-0.1, -0.05) is 29.3 Å². The van der Waals surface area contributed by atoms with Crippen LogP contribution in [0, 0.1) is 0 Å². The summed E-state index contributed by atoms with van der Waals surface area (Å²) in [6.45, 7) is 1.93. The molecular weight excluding hydrogens is 363 g/mol. The fraction of sp³-hybridized carbons (Fsp3) is 0.111. The quantitative estimate of drug-likeness (QED) is 0.725. The molecule has 5 nitrogen and oxygen atoms in total. The highest BCUT2D eigenvalue weighted by Gasteiger charge is 2.29. The van der Waals surface area contributed by atoms with E-state index in [-0.39, 0.29) is 12.7 Å². The standard InChI is InChI=1S/C18H12Cl2N2O3/c1-10-14(5-11-6-16-17(8-15(11)20)25-9-24-16)18(23)22(21-10)13-4-2-3-12(19)7-13/h2-8H,9H2,1H3/b14-5-. The van der Waals surface area contributed by atoms with Gasteiger partial charge in [0.15, 0.2) is 11.5 Å². The molecule has 0 spiro atoms. The zero-order chi connectivity index (χ0) is 17.6. The van der Waals surface area contributed by atoms with E-state index in [2.05, 4.69) is 5.10 Å². The molecule has 0 fully saturated rings. The van der Waals surface area contributed by atoms with Crippen LogP contribution in [0.3, 0.4) is 0 Å². The predicted molar refractivity (Wildman–Crippen MR) is 97.6 cm³/mol. The summed E-state index contributed by atoms with van der Waals surface area (Å²) in [5.74, 6) is 0.951. The third-order valence-electron chi connectivity index (χ3n) is 3.91. The Morgan fingerprint density at radius 3 is 2.68 bits per heavy atom. The molecule has 0 aromatic heterocycles. The maximum Gasteiger partial charge on any atom is 0.280 e. The van der Waals surface area contributed by atoms with Gasteiger partial charge in [-0.2, -0.15) is 10.1 Å². The van der Waals surface area contributed by atoms with Crippen molar-refractivity contribution in [2.45, 2.75) is 6.92 Å². The van der Waals surface area contributed by atoms with E-state index in [4.69, 9.17) is 32.7 Å². The second-order valence-corrected chi connectivity index (χ2v) is 6.41. The van der Waals surface area contributed by atoms with E-state index < -0.39 is 0 Å². The molecule has 0 unspecified atom stereocenters. The van der Waals surface area contributed by atoms with Crippen molar-refractivity contribution in [2.75, 3.05) is 11.8 Å². The highest BCUT2D eigenvalue weighted by Crippen LogP contribution is 2.38. The summed E-state index contributed by atoms with van der Waals surface area (Å²) in [7, 11) is 0. The number of carbonyl (C=O) groups is 1. The maximum atomic E-state index is 12.8. The number of hydrogen-bond donors (Lipinski definition) is 0. The van der Waals surface area contributed by atoms with Crippen molar-refractivity contribution in [1.82, 2.24) is 0 Å². The number of benzene rings is 2. The molecule has 126 valence electrons. The Morgan fingerprint density at radius 2 is 1.92 bits per heavy atom. The maximum absolute atomic E-state index is 12.8. The number of hydrogen-bond acceptors (Lipinski definition) is 4. The monoisotopic (exact) mass is 374 g/mol. The van der Waals surface area contributed by atoms with Gasteiger partial charge in [0.1, 0.15) is 0 Å². The number of fused-ring (bicyclic) bond motifs is 1. The Morgan fingerprint density at radius 1 is 1.16 bits per heavy atom. The van der Waals surface area contributed by atoms with Crippen LogP contribution in [0.15, 0.2) is 47.1 Å². The fourth-order valence-electron chi connectivity index (χ4n) is 2.67. The minimum atomic E-state index is -0.242. The van der Waals surface area contributed by atoms with E-state index in [1.54, 1.807) is 49.4 Å². The lowest BCUT2D eigenvalue weighted by molar-refractivity contribution is -0.114. The first-order valence-corrected chi connectivity index (χ1v) is 8.25. The number of ether oxygens (including phenoxy) is 2. The molecule has 0 atom stereocenters. The average Bonchev–Trinajstić information content (AvgIpc) is 3.14. The molecule has 2 aromatic carbocycles. The predicted octanol–water partition coefficient (Wildman–Crippen LogP) is 4.53. The van der Waals surface area contributed by atoms with Crippen molar-refractivity contribution in [3.63, 3.8) is 0 Å². The van der Waals surface area contributed by atoms with E-state index >= 15 is 0 Å². The third-order valence-corrected chi connectivity index (χ3v) is 4.47. The second kappa shape index (κ2) is 6.10. The fourth-order valence-corrected chi connectivity index (χ4v) is 3.06. The molecule has 2 aliphatic rings. The summed E-state index contributed by atoms with van der Waals surface area (Å²) in [6, 6.07) is 10.4. The molecule has 0 N–H and O–H groups in total. The number of rotatable bonds is 2. The van der Waals surface area contributed by atoms with E-state index in [1.807, 2.05) is 0 Å². The molecule has 0 saturated carbocycles. The molecule has 0 aliphatic carbocycles. The SMILES string of the molecule is CC1=NN(c2cccc(Cl)c2)C(=O)/C1=C\c1cc2c(cc1Cl)OCO2. The number of halogens is 2. The summed E-state index contributed by atoms with van der Waals surface area (Å²) in [5, 5.41) is 6.67. The Kier molecular flexibility index (Phi) is 3.90. The molecule has 1 amide bonds. The van der Waals surface area contributed by atoms with Crippen LogP contribution in [0.5, 0.6) is 11.5 Å². The Hall–Kier alpha value is -2.50. The minimum absolute atomic E-state index is 0.160. The van der Waals surface area contributed by atoms with Gasteiger partial charge in [-0.25, -0.2) is 0 Å². The van der Waals surface area contributed by atoms with Gasteiger partial charge in [-0.05, 0) is 42.8 Å². The van der Waals surface area contributed by atoms with E-state index in [0.717, 1.165) is 0 Å². The van der Waals surface area contributed by atoms with Crippen LogP contribution in [-0.2, 0) is 4.79 Å². The van der Waals surface area contributed by atoms with Gasteiger partial charge < -0.3 is 9.47 Å². The molecule has 0 saturated heterocycles. The van der Waals surface area contributed by atoms with Gasteiger partial charge >= 0.3 is 0 Å². The Bertz CT molecular complexity index is 953. The summed E-state index contributed by atoms with van der Waals surface area (Å²) in [5.41, 5.74) is 2.33. The van der Waals surface area contributed by atoms with Crippen molar-refractivity contribution in [3.8, 4) is 11.5 Å². The van der Waals surface area contributed by atoms with Crippen molar-refractivity contribution >= 4 is 46.6 Å². The lowest BCUT2D eigenvalue weighted by Gasteiger charge is -2.11. The first kappa shape index (κ1) is 16.0. The summed E-state index contributed by atoms with van der Waals surface area (Å²) < 4.78 is 10.7. The van der Waals surface area contributed by atoms with Crippen LogP contribution in [-0.4, -0.2) is 18.4 Å². The number of amides is 1. The van der Waals surface area contributed by atoms with Crippen LogP contribution < -0.4 is 14.5 Å². The lowest BCUT2D eigenvalue weighted by atomic mass is 10.1. The summed E-state index contributed by atoms with van der Waals surface area (Å²) >= 11 is 12.3. The van der Waals surface area contributed by atoms with Crippen LogP contribution in [0.1, 0.15) is 12.5 Å². The highest BCUT2D eigenvalue weighted by atomic mass is 35.5. The van der Waals surface area contributed by atoms with Crippen molar-refractivity contribution in [2.24, 2.45) is 5.10 Å². The smallest absolute Gasteiger partial charge is 0.280 e. The number of anilines is 1. The van der Waals surface area contributed by atoms with E-state index in [9.17, 15) is 4.79 Å². The summed E-state index contributed by atoms with van der Waals surface area (Å²) in [6.07, 6.45) is 1.70. The van der Waals surface area contributed by atoms with Gasteiger partial charge in [0.05, 0.1) is 22.0 Å². The van der Waals surface area contributed by atoms with Crippen LogP contribution in [0.25, 0.3) is 6.08 Å². The first-order valence-electron chi connectivity index (χ1n) is 7.49. The van der Waals surface area contributed by atoms with Crippen LogP contribution in [0.2, 0.25) is 10.0 Å². The molecule has 0 bridgehead atoms. The zero-order valence-corrected chi connectivity index (χ0v) is 14.6. The van der Waals surface area contributed by atoms with Gasteiger partial charge in [-0.3, -0.25) is 4.79 Å². The van der Waals surface area contributed by atoms with E-state index in [1.165, 1.54) is 5.01 Å². The van der Waals surface area contributed by atoms with E-state index in [0.29, 0.717) is 44.1 Å². The topological polar surface area (TPSA) is 51.1 Å². The first-order chi connectivity index (χ1) is 12.0. The van der Waals surface area contributed by atoms with Crippen molar-refractivity contribution in [1.29, 1.82) is 0 Å². The highest BCUT2D eigenvalue weighted by molar-refractivity contribution is 6.35. The molecule has 4 rings (SSSR count). The largest absolute Gasteiger partial charge is 0.454 e. The van der Waals surface area contributed by atoms with Crippen molar-refractivity contribution < 1.29 is 14.3 Å². The molecule has 7 heteroatoms. The van der Waals surface area contributed by atoms with Crippen LogP contribution in [0.4, 0.5) is 5.69 Å². The zero-order valence-electron chi connectivity index (χ0n) is 13.1. The molecule has 2 aromatic rings. The third kappa shape index (κ3) is 2.86. The van der Waals surface area contributed by atoms with Crippen LogP contribution >= 0.6 is 23.2 Å². The minimum Gasteiger partial charge on any atom is -0.454 e. The number of nitrogens with zero attached hydrogens (tertiary/aromatic N) is 2. The molecule has 2 heterocycles.